The molecule has 0 aliphatic carbocycles. The van der Waals surface area contributed by atoms with Gasteiger partial charge in [-0.1, -0.05) is 0 Å². The monoisotopic (exact) mass is 437 g/mol. The van der Waals surface area contributed by atoms with E-state index in [9.17, 15) is 4.79 Å². The first-order valence-corrected chi connectivity index (χ1v) is 10.9. The minimum Gasteiger partial charge on any atom is -0.383 e. The molecule has 1 aliphatic rings. The molecule has 0 saturated carbocycles. The van der Waals surface area contributed by atoms with Gasteiger partial charge in [0.05, 0.1) is 19.8 Å². The van der Waals surface area contributed by atoms with Crippen molar-refractivity contribution in [3.63, 3.8) is 0 Å². The summed E-state index contributed by atoms with van der Waals surface area (Å²) in [6.07, 6.45) is 0. The van der Waals surface area contributed by atoms with E-state index in [-0.39, 0.29) is 5.91 Å². The number of fused-ring (bicyclic) bond motifs is 1. The third-order valence-corrected chi connectivity index (χ3v) is 5.99. The molecular weight excluding hydrogens is 406 g/mol. The van der Waals surface area contributed by atoms with E-state index < -0.39 is 0 Å². The van der Waals surface area contributed by atoms with E-state index in [1.165, 1.54) is 5.56 Å². The van der Waals surface area contributed by atoms with Crippen LogP contribution in [0.25, 0.3) is 10.9 Å². The molecule has 0 radical (unpaired) electrons. The molecular formula is C24H31N5O3. The Bertz CT molecular complexity index is 1100. The topological polar surface area (TPSA) is 82.7 Å². The van der Waals surface area contributed by atoms with E-state index >= 15 is 0 Å². The van der Waals surface area contributed by atoms with Crippen molar-refractivity contribution in [1.82, 2.24) is 9.97 Å². The molecule has 1 amide bonds. The number of hydrogen-bond donors (Lipinski definition) is 2. The highest BCUT2D eigenvalue weighted by atomic mass is 16.5. The number of aryl methyl sites for hydroxylation is 2. The third-order valence-electron chi connectivity index (χ3n) is 5.99. The van der Waals surface area contributed by atoms with Crippen LogP contribution in [0.3, 0.4) is 0 Å². The summed E-state index contributed by atoms with van der Waals surface area (Å²) in [4.78, 5) is 25.4. The van der Waals surface area contributed by atoms with Gasteiger partial charge < -0.3 is 29.6 Å². The maximum absolute atomic E-state index is 13.2. The number of hydrogen-bond acceptors (Lipinski definition) is 6. The van der Waals surface area contributed by atoms with Gasteiger partial charge in [0.25, 0.3) is 5.91 Å². The number of ether oxygens (including phenoxy) is 2. The standard InChI is InChI=1S/C24H31N5O3/c1-16-17(2)25-21-6-5-18(13-20(16)21)26-24(30)22-14-19(29-8-11-32-12-9-29)15-23(27-22)28(3)7-10-31-4/h5-6,13-15,25H,7-12H2,1-4H3,(H,26,30). The average molecular weight is 438 g/mol. The Morgan fingerprint density at radius 3 is 2.78 bits per heavy atom. The van der Waals surface area contributed by atoms with E-state index in [4.69, 9.17) is 9.47 Å². The van der Waals surface area contributed by atoms with Gasteiger partial charge in [-0.15, -0.1) is 0 Å². The van der Waals surface area contributed by atoms with Crippen LogP contribution in [-0.4, -0.2) is 69.5 Å². The van der Waals surface area contributed by atoms with Gasteiger partial charge in [0.15, 0.2) is 0 Å². The molecule has 0 spiro atoms. The summed E-state index contributed by atoms with van der Waals surface area (Å²) < 4.78 is 10.7. The lowest BCUT2D eigenvalue weighted by molar-refractivity contribution is 0.102. The Hall–Kier alpha value is -3.10. The average Bonchev–Trinajstić information content (AvgIpc) is 3.10. The van der Waals surface area contributed by atoms with Crippen LogP contribution in [0.2, 0.25) is 0 Å². The lowest BCUT2D eigenvalue weighted by Crippen LogP contribution is -2.36. The Kier molecular flexibility index (Phi) is 6.62. The molecule has 1 aliphatic heterocycles. The fraction of sp³-hybridized carbons (Fsp3) is 0.417. The second-order valence-corrected chi connectivity index (χ2v) is 8.17. The quantitative estimate of drug-likeness (QED) is 0.590. The zero-order valence-corrected chi connectivity index (χ0v) is 19.2. The van der Waals surface area contributed by atoms with Crippen LogP contribution >= 0.6 is 0 Å². The molecule has 2 aromatic heterocycles. The molecule has 32 heavy (non-hydrogen) atoms. The molecule has 1 aromatic carbocycles. The number of methoxy groups -OCH3 is 1. The van der Waals surface area contributed by atoms with Crippen molar-refractivity contribution in [1.29, 1.82) is 0 Å². The number of carbonyl (C=O) groups is 1. The number of H-pyrrole nitrogens is 1. The van der Waals surface area contributed by atoms with Gasteiger partial charge in [-0.2, -0.15) is 0 Å². The highest BCUT2D eigenvalue weighted by Gasteiger charge is 2.18. The van der Waals surface area contributed by atoms with Crippen molar-refractivity contribution in [3.05, 3.63) is 47.3 Å². The highest BCUT2D eigenvalue weighted by Crippen LogP contribution is 2.26. The molecule has 2 N–H and O–H groups in total. The summed E-state index contributed by atoms with van der Waals surface area (Å²) in [5.41, 5.74) is 5.48. The summed E-state index contributed by atoms with van der Waals surface area (Å²) in [5, 5.41) is 4.13. The fourth-order valence-electron chi connectivity index (χ4n) is 3.89. The summed E-state index contributed by atoms with van der Waals surface area (Å²) in [6, 6.07) is 9.79. The highest BCUT2D eigenvalue weighted by molar-refractivity contribution is 6.05. The number of aromatic amines is 1. The Morgan fingerprint density at radius 1 is 1.25 bits per heavy atom. The number of likely N-dealkylation sites (N-methyl/N-ethyl adjacent to an activating group) is 1. The van der Waals surface area contributed by atoms with Crippen LogP contribution in [0, 0.1) is 13.8 Å². The summed E-state index contributed by atoms with van der Waals surface area (Å²) in [5.74, 6) is 0.509. The maximum atomic E-state index is 13.2. The number of nitrogens with one attached hydrogen (secondary N) is 2. The number of anilines is 3. The number of aromatic nitrogens is 2. The van der Waals surface area contributed by atoms with Crippen molar-refractivity contribution in [3.8, 4) is 0 Å². The van der Waals surface area contributed by atoms with E-state index in [1.54, 1.807) is 7.11 Å². The number of benzene rings is 1. The number of rotatable bonds is 7. The molecule has 1 fully saturated rings. The first kappa shape index (κ1) is 22.1. The minimum absolute atomic E-state index is 0.231. The van der Waals surface area contributed by atoms with Crippen molar-refractivity contribution >= 4 is 34.0 Å². The predicted octanol–water partition coefficient (Wildman–Crippen LogP) is 3.35. The van der Waals surface area contributed by atoms with Crippen LogP contribution in [0.1, 0.15) is 21.7 Å². The molecule has 3 aromatic rings. The molecule has 0 bridgehead atoms. The lowest BCUT2D eigenvalue weighted by atomic mass is 10.1. The summed E-state index contributed by atoms with van der Waals surface area (Å²) >= 11 is 0. The minimum atomic E-state index is -0.231. The van der Waals surface area contributed by atoms with Crippen LogP contribution in [0.4, 0.5) is 17.2 Å². The molecule has 4 rings (SSSR count). The number of morpholine rings is 1. The van der Waals surface area contributed by atoms with E-state index in [0.717, 1.165) is 46.9 Å². The second-order valence-electron chi connectivity index (χ2n) is 8.17. The van der Waals surface area contributed by atoms with E-state index in [2.05, 4.69) is 34.0 Å². The van der Waals surface area contributed by atoms with Crippen LogP contribution in [0.15, 0.2) is 30.3 Å². The van der Waals surface area contributed by atoms with Gasteiger partial charge in [-0.3, -0.25) is 4.79 Å². The third kappa shape index (κ3) is 4.71. The SMILES string of the molecule is COCCN(C)c1cc(N2CCOCC2)cc(C(=O)Nc2ccc3[nH]c(C)c(C)c3c2)n1. The van der Waals surface area contributed by atoms with E-state index in [1.807, 2.05) is 42.3 Å². The Labute approximate surface area is 188 Å². The molecule has 0 atom stereocenters. The first-order chi connectivity index (χ1) is 15.5. The molecule has 8 nitrogen and oxygen atoms in total. The number of amides is 1. The number of carbonyl (C=O) groups excluding carboxylic acids is 1. The molecule has 1 saturated heterocycles. The molecule has 170 valence electrons. The van der Waals surface area contributed by atoms with Gasteiger partial charge in [-0.25, -0.2) is 4.98 Å². The van der Waals surface area contributed by atoms with Gasteiger partial charge in [0, 0.05) is 67.8 Å². The van der Waals surface area contributed by atoms with Crippen molar-refractivity contribution in [2.75, 3.05) is 68.7 Å². The zero-order valence-electron chi connectivity index (χ0n) is 19.2. The smallest absolute Gasteiger partial charge is 0.274 e. The summed E-state index contributed by atoms with van der Waals surface area (Å²) in [6.45, 7) is 8.31. The van der Waals surface area contributed by atoms with Gasteiger partial charge in [0.2, 0.25) is 0 Å². The van der Waals surface area contributed by atoms with Gasteiger partial charge >= 0.3 is 0 Å². The van der Waals surface area contributed by atoms with Crippen molar-refractivity contribution in [2.45, 2.75) is 13.8 Å². The molecule has 8 heteroatoms. The second kappa shape index (κ2) is 9.58. The van der Waals surface area contributed by atoms with E-state index in [0.29, 0.717) is 32.1 Å². The normalized spacial score (nSPS) is 14.1. The van der Waals surface area contributed by atoms with Crippen LogP contribution < -0.4 is 15.1 Å². The van der Waals surface area contributed by atoms with Crippen molar-refractivity contribution < 1.29 is 14.3 Å². The Morgan fingerprint density at radius 2 is 2.03 bits per heavy atom. The van der Waals surface area contributed by atoms with Crippen molar-refractivity contribution in [2.24, 2.45) is 0 Å². The lowest BCUT2D eigenvalue weighted by Gasteiger charge is -2.30. The van der Waals surface area contributed by atoms with Gasteiger partial charge in [0.1, 0.15) is 11.5 Å². The summed E-state index contributed by atoms with van der Waals surface area (Å²) in [7, 11) is 3.63. The number of nitrogens with zero attached hydrogens (tertiary/aromatic N) is 3. The largest absolute Gasteiger partial charge is 0.383 e. The van der Waals surface area contributed by atoms with Gasteiger partial charge in [-0.05, 0) is 43.7 Å². The van der Waals surface area contributed by atoms with Crippen LogP contribution in [-0.2, 0) is 9.47 Å². The van der Waals surface area contributed by atoms with Crippen LogP contribution in [0.5, 0.6) is 0 Å². The molecule has 0 unspecified atom stereocenters. The Balaban J connectivity index is 1.62. The predicted molar refractivity (Wildman–Crippen MR) is 128 cm³/mol. The first-order valence-electron chi connectivity index (χ1n) is 10.9. The fourth-order valence-corrected chi connectivity index (χ4v) is 3.89. The molecule has 3 heterocycles. The maximum Gasteiger partial charge on any atom is 0.274 e. The number of pyridine rings is 1. The zero-order chi connectivity index (χ0) is 22.7.